The molecule has 0 aliphatic rings. The predicted molar refractivity (Wildman–Crippen MR) is 60.5 cm³/mol. The number of hydrogen-bond acceptors (Lipinski definition) is 6. The number of nitro groups is 1. The second-order valence-electron chi connectivity index (χ2n) is 3.81. The molecule has 1 aromatic carbocycles. The minimum Gasteiger partial charge on any atom is -0.545 e. The lowest BCUT2D eigenvalue weighted by molar-refractivity contribution is -0.385. The van der Waals surface area contributed by atoms with E-state index >= 15 is 0 Å². The SMILES string of the molecule is CCc1c(C(=O)[O-])cc([N+](=O)[O-])c(CC)c1C(=O)[O-]. The van der Waals surface area contributed by atoms with E-state index in [9.17, 15) is 29.9 Å². The normalized spacial score (nSPS) is 10.2. The van der Waals surface area contributed by atoms with E-state index in [0.717, 1.165) is 6.07 Å². The van der Waals surface area contributed by atoms with Gasteiger partial charge in [0.2, 0.25) is 0 Å². The summed E-state index contributed by atoms with van der Waals surface area (Å²) in [7, 11) is 0. The van der Waals surface area contributed by atoms with Gasteiger partial charge in [0.1, 0.15) is 0 Å². The van der Waals surface area contributed by atoms with Crippen LogP contribution in [-0.2, 0) is 12.8 Å². The van der Waals surface area contributed by atoms with Gasteiger partial charge in [0, 0.05) is 22.8 Å². The first-order chi connectivity index (χ1) is 8.84. The van der Waals surface area contributed by atoms with Gasteiger partial charge in [0.05, 0.1) is 16.9 Å². The third-order valence-electron chi connectivity index (χ3n) is 2.85. The predicted octanol–water partition coefficient (Wildman–Crippen LogP) is -0.553. The Labute approximate surface area is 108 Å². The summed E-state index contributed by atoms with van der Waals surface area (Å²) in [5.74, 6) is -3.27. The number of benzene rings is 1. The lowest BCUT2D eigenvalue weighted by Crippen LogP contribution is -2.30. The zero-order valence-electron chi connectivity index (χ0n) is 10.4. The van der Waals surface area contributed by atoms with Crippen molar-refractivity contribution in [2.75, 3.05) is 0 Å². The molecule has 0 fully saturated rings. The molecule has 0 N–H and O–H groups in total. The van der Waals surface area contributed by atoms with Crippen molar-refractivity contribution in [3.8, 4) is 0 Å². The molecule has 0 bridgehead atoms. The Balaban J connectivity index is 3.87. The second kappa shape index (κ2) is 5.47. The number of rotatable bonds is 5. The third kappa shape index (κ3) is 2.54. The number of aromatic carboxylic acids is 2. The van der Waals surface area contributed by atoms with Crippen molar-refractivity contribution in [2.45, 2.75) is 26.7 Å². The molecule has 19 heavy (non-hydrogen) atoms. The molecule has 1 rings (SSSR count). The molecule has 7 heteroatoms. The number of nitro benzene ring substituents is 1. The van der Waals surface area contributed by atoms with Crippen LogP contribution < -0.4 is 10.2 Å². The van der Waals surface area contributed by atoms with Crippen LogP contribution in [0, 0.1) is 10.1 Å². The van der Waals surface area contributed by atoms with Gasteiger partial charge in [0.15, 0.2) is 0 Å². The van der Waals surface area contributed by atoms with Crippen LogP contribution in [0.3, 0.4) is 0 Å². The van der Waals surface area contributed by atoms with Crippen molar-refractivity contribution in [2.24, 2.45) is 0 Å². The molecule has 0 saturated heterocycles. The Morgan fingerprint density at radius 2 is 1.63 bits per heavy atom. The molecule has 0 aliphatic heterocycles. The van der Waals surface area contributed by atoms with Crippen molar-refractivity contribution >= 4 is 17.6 Å². The molecule has 0 saturated carbocycles. The van der Waals surface area contributed by atoms with E-state index in [1.54, 1.807) is 13.8 Å². The number of carboxylic acids is 2. The van der Waals surface area contributed by atoms with E-state index in [4.69, 9.17) is 0 Å². The highest BCUT2D eigenvalue weighted by molar-refractivity contribution is 5.98. The number of carbonyl (C=O) groups is 2. The zero-order valence-corrected chi connectivity index (χ0v) is 10.4. The van der Waals surface area contributed by atoms with Gasteiger partial charge in [-0.1, -0.05) is 13.8 Å². The summed E-state index contributed by atoms with van der Waals surface area (Å²) in [5.41, 5.74) is -1.49. The summed E-state index contributed by atoms with van der Waals surface area (Å²) >= 11 is 0. The van der Waals surface area contributed by atoms with Crippen molar-refractivity contribution in [3.63, 3.8) is 0 Å². The average molecular weight is 265 g/mol. The first-order valence-electron chi connectivity index (χ1n) is 5.60. The Kier molecular flexibility index (Phi) is 4.21. The number of hydrogen-bond donors (Lipinski definition) is 0. The van der Waals surface area contributed by atoms with Crippen LogP contribution in [0.4, 0.5) is 5.69 Å². The maximum absolute atomic E-state index is 11.2. The van der Waals surface area contributed by atoms with Crippen LogP contribution in [-0.4, -0.2) is 16.9 Å². The lowest BCUT2D eigenvalue weighted by atomic mass is 9.91. The van der Waals surface area contributed by atoms with Crippen molar-refractivity contribution in [3.05, 3.63) is 38.4 Å². The molecular formula is C12H11NO6-2. The largest absolute Gasteiger partial charge is 0.545 e. The highest BCUT2D eigenvalue weighted by Gasteiger charge is 2.23. The fourth-order valence-electron chi connectivity index (χ4n) is 2.07. The van der Waals surface area contributed by atoms with E-state index in [0.29, 0.717) is 0 Å². The first kappa shape index (κ1) is 14.6. The minimum absolute atomic E-state index is 0.0116. The molecule has 0 aliphatic carbocycles. The monoisotopic (exact) mass is 265 g/mol. The van der Waals surface area contributed by atoms with E-state index in [1.807, 2.05) is 0 Å². The molecule has 0 radical (unpaired) electrons. The van der Waals surface area contributed by atoms with E-state index in [2.05, 4.69) is 0 Å². The maximum atomic E-state index is 11.2. The molecular weight excluding hydrogens is 254 g/mol. The van der Waals surface area contributed by atoms with Crippen LogP contribution in [0.15, 0.2) is 6.07 Å². The number of nitrogens with zero attached hydrogens (tertiary/aromatic N) is 1. The molecule has 7 nitrogen and oxygen atoms in total. The van der Waals surface area contributed by atoms with Crippen molar-refractivity contribution in [1.29, 1.82) is 0 Å². The summed E-state index contributed by atoms with van der Waals surface area (Å²) in [6, 6.07) is 0.847. The van der Waals surface area contributed by atoms with Gasteiger partial charge in [-0.3, -0.25) is 10.1 Å². The van der Waals surface area contributed by atoms with Crippen molar-refractivity contribution in [1.82, 2.24) is 0 Å². The Morgan fingerprint density at radius 1 is 1.11 bits per heavy atom. The molecule has 102 valence electrons. The molecule has 0 spiro atoms. The minimum atomic E-state index is -1.65. The summed E-state index contributed by atoms with van der Waals surface area (Å²) in [4.78, 5) is 32.2. The Hall–Kier alpha value is -2.44. The fourth-order valence-corrected chi connectivity index (χ4v) is 2.07. The Morgan fingerprint density at radius 3 is 1.95 bits per heavy atom. The van der Waals surface area contributed by atoms with E-state index in [-0.39, 0.29) is 24.0 Å². The van der Waals surface area contributed by atoms with Gasteiger partial charge < -0.3 is 19.8 Å². The standard InChI is InChI=1S/C12H13NO6/c1-3-6-8(11(14)15)5-9(13(18)19)7(4-2)10(6)12(16)17/h5H,3-4H2,1-2H3,(H,14,15)(H,16,17)/p-2. The van der Waals surface area contributed by atoms with Crippen LogP contribution in [0.2, 0.25) is 0 Å². The highest BCUT2D eigenvalue weighted by Crippen LogP contribution is 2.29. The van der Waals surface area contributed by atoms with Gasteiger partial charge in [-0.25, -0.2) is 0 Å². The fraction of sp³-hybridized carbons (Fsp3) is 0.333. The van der Waals surface area contributed by atoms with Crippen LogP contribution in [0.1, 0.15) is 45.7 Å². The highest BCUT2D eigenvalue weighted by atomic mass is 16.6. The third-order valence-corrected chi connectivity index (χ3v) is 2.85. The smallest absolute Gasteiger partial charge is 0.273 e. The van der Waals surface area contributed by atoms with Gasteiger partial charge in [-0.15, -0.1) is 0 Å². The van der Waals surface area contributed by atoms with Crippen molar-refractivity contribution < 1.29 is 24.7 Å². The maximum Gasteiger partial charge on any atom is 0.273 e. The van der Waals surface area contributed by atoms with Crippen LogP contribution in [0.5, 0.6) is 0 Å². The van der Waals surface area contributed by atoms with E-state index in [1.165, 1.54) is 0 Å². The summed E-state index contributed by atoms with van der Waals surface area (Å²) < 4.78 is 0. The van der Waals surface area contributed by atoms with Crippen LogP contribution >= 0.6 is 0 Å². The van der Waals surface area contributed by atoms with Gasteiger partial charge in [-0.05, 0) is 18.4 Å². The molecule has 0 aromatic heterocycles. The number of carboxylic acid groups (broad SMARTS) is 2. The van der Waals surface area contributed by atoms with Crippen LogP contribution in [0.25, 0.3) is 0 Å². The number of carbonyl (C=O) groups excluding carboxylic acids is 2. The van der Waals surface area contributed by atoms with Gasteiger partial charge in [0.25, 0.3) is 5.69 Å². The zero-order chi connectivity index (χ0) is 14.7. The summed E-state index contributed by atoms with van der Waals surface area (Å²) in [6.45, 7) is 3.10. The average Bonchev–Trinajstić information content (AvgIpc) is 2.35. The van der Waals surface area contributed by atoms with Gasteiger partial charge >= 0.3 is 0 Å². The van der Waals surface area contributed by atoms with Gasteiger partial charge in [-0.2, -0.15) is 0 Å². The molecule has 0 heterocycles. The lowest BCUT2D eigenvalue weighted by Gasteiger charge is -2.18. The first-order valence-corrected chi connectivity index (χ1v) is 5.60. The quantitative estimate of drug-likeness (QED) is 0.519. The topological polar surface area (TPSA) is 123 Å². The second-order valence-corrected chi connectivity index (χ2v) is 3.81. The van der Waals surface area contributed by atoms with E-state index < -0.39 is 33.7 Å². The summed E-state index contributed by atoms with van der Waals surface area (Å²) in [6.07, 6.45) is 0.178. The summed E-state index contributed by atoms with van der Waals surface area (Å²) in [5, 5.41) is 33.1. The molecule has 0 unspecified atom stereocenters. The molecule has 1 aromatic rings. The molecule has 0 amide bonds. The molecule has 0 atom stereocenters. The Bertz CT molecular complexity index is 524.